The third-order valence-electron chi connectivity index (χ3n) is 4.34. The summed E-state index contributed by atoms with van der Waals surface area (Å²) in [5, 5.41) is 3.34. The zero-order chi connectivity index (χ0) is 20.9. The molecule has 2 aromatic carbocycles. The average Bonchev–Trinajstić information content (AvgIpc) is 2.72. The van der Waals surface area contributed by atoms with E-state index in [1.54, 1.807) is 42.5 Å². The number of aldehydes is 1. The van der Waals surface area contributed by atoms with Crippen molar-refractivity contribution in [1.29, 1.82) is 0 Å². The van der Waals surface area contributed by atoms with Crippen molar-refractivity contribution >= 4 is 38.8 Å². The second-order valence-corrected chi connectivity index (χ2v) is 8.17. The standard InChI is InChI=1S/C21H21N3O4S/c1-2-6-18(14-25)23-21(26)16-8-3-10-17(13-16)24-29(27,28)19-11-4-7-15-9-5-12-22-20(15)19/h3-5,7-14,18,24H,2,6H2,1H3,(H,23,26). The van der Waals surface area contributed by atoms with Gasteiger partial charge in [0.05, 0.1) is 11.6 Å². The van der Waals surface area contributed by atoms with E-state index in [4.69, 9.17) is 0 Å². The summed E-state index contributed by atoms with van der Waals surface area (Å²) in [7, 11) is -3.92. The lowest BCUT2D eigenvalue weighted by molar-refractivity contribution is -0.109. The molecule has 0 saturated heterocycles. The first-order chi connectivity index (χ1) is 13.9. The van der Waals surface area contributed by atoms with Gasteiger partial charge in [0, 0.05) is 22.8 Å². The SMILES string of the molecule is CCCC(C=O)NC(=O)c1cccc(NS(=O)(=O)c2cccc3cccnc23)c1. The van der Waals surface area contributed by atoms with E-state index in [1.165, 1.54) is 18.3 Å². The molecule has 0 spiro atoms. The number of carbonyl (C=O) groups excluding carboxylic acids is 2. The second-order valence-electron chi connectivity index (χ2n) is 6.52. The van der Waals surface area contributed by atoms with Gasteiger partial charge in [-0.3, -0.25) is 14.5 Å². The Labute approximate surface area is 169 Å². The van der Waals surface area contributed by atoms with Gasteiger partial charge in [-0.25, -0.2) is 8.42 Å². The van der Waals surface area contributed by atoms with Crippen LogP contribution in [0.15, 0.2) is 65.7 Å². The smallest absolute Gasteiger partial charge is 0.264 e. The first-order valence-electron chi connectivity index (χ1n) is 9.17. The summed E-state index contributed by atoms with van der Waals surface area (Å²) in [4.78, 5) is 27.7. The van der Waals surface area contributed by atoms with Crippen LogP contribution >= 0.6 is 0 Å². The van der Waals surface area contributed by atoms with Crippen LogP contribution in [0.4, 0.5) is 5.69 Å². The normalized spacial score (nSPS) is 12.3. The van der Waals surface area contributed by atoms with Crippen LogP contribution in [0.25, 0.3) is 10.9 Å². The summed E-state index contributed by atoms with van der Waals surface area (Å²) in [6, 6.07) is 14.0. The molecule has 3 aromatic rings. The first-order valence-corrected chi connectivity index (χ1v) is 10.7. The quantitative estimate of drug-likeness (QED) is 0.554. The zero-order valence-electron chi connectivity index (χ0n) is 15.8. The number of hydrogen-bond donors (Lipinski definition) is 2. The molecule has 1 heterocycles. The number of rotatable bonds is 8. The van der Waals surface area contributed by atoms with Crippen molar-refractivity contribution in [2.45, 2.75) is 30.7 Å². The van der Waals surface area contributed by atoms with E-state index in [0.29, 0.717) is 23.6 Å². The van der Waals surface area contributed by atoms with Crippen LogP contribution in [0.2, 0.25) is 0 Å². The number of nitrogens with zero attached hydrogens (tertiary/aromatic N) is 1. The van der Waals surface area contributed by atoms with E-state index in [1.807, 2.05) is 6.92 Å². The van der Waals surface area contributed by atoms with Gasteiger partial charge in [0.15, 0.2) is 0 Å². The summed E-state index contributed by atoms with van der Waals surface area (Å²) in [6.45, 7) is 1.92. The monoisotopic (exact) mass is 411 g/mol. The van der Waals surface area contributed by atoms with Crippen molar-refractivity contribution in [2.24, 2.45) is 0 Å². The van der Waals surface area contributed by atoms with Crippen LogP contribution in [-0.4, -0.2) is 31.6 Å². The lowest BCUT2D eigenvalue weighted by Crippen LogP contribution is -2.35. The number of fused-ring (bicyclic) bond motifs is 1. The molecule has 0 aliphatic carbocycles. The van der Waals surface area contributed by atoms with E-state index in [0.717, 1.165) is 6.42 Å². The van der Waals surface area contributed by atoms with E-state index in [2.05, 4.69) is 15.0 Å². The third-order valence-corrected chi connectivity index (χ3v) is 5.76. The molecular formula is C21H21N3O4S. The Hall–Kier alpha value is -3.26. The maximum absolute atomic E-state index is 12.9. The molecule has 0 fully saturated rings. The topological polar surface area (TPSA) is 105 Å². The van der Waals surface area contributed by atoms with Gasteiger partial charge in [0.1, 0.15) is 11.2 Å². The predicted octanol–water partition coefficient (Wildman–Crippen LogP) is 3.13. The predicted molar refractivity (Wildman–Crippen MR) is 111 cm³/mol. The zero-order valence-corrected chi connectivity index (χ0v) is 16.6. The van der Waals surface area contributed by atoms with Crippen molar-refractivity contribution in [2.75, 3.05) is 4.72 Å². The molecule has 0 saturated carbocycles. The number of pyridine rings is 1. The highest BCUT2D eigenvalue weighted by Crippen LogP contribution is 2.23. The Balaban J connectivity index is 1.86. The molecule has 0 aliphatic heterocycles. The van der Waals surface area contributed by atoms with Crippen molar-refractivity contribution in [3.63, 3.8) is 0 Å². The second kappa shape index (κ2) is 8.83. The number of nitrogens with one attached hydrogen (secondary N) is 2. The maximum atomic E-state index is 12.9. The van der Waals surface area contributed by atoms with Crippen molar-refractivity contribution < 1.29 is 18.0 Å². The summed E-state index contributed by atoms with van der Waals surface area (Å²) in [6.07, 6.45) is 3.52. The molecule has 0 bridgehead atoms. The lowest BCUT2D eigenvalue weighted by atomic mass is 10.1. The Kier molecular flexibility index (Phi) is 6.23. The van der Waals surface area contributed by atoms with Crippen LogP contribution in [0.3, 0.4) is 0 Å². The summed E-state index contributed by atoms with van der Waals surface area (Å²) < 4.78 is 28.3. The fourth-order valence-corrected chi connectivity index (χ4v) is 4.19. The fraction of sp³-hybridized carbons (Fsp3) is 0.190. The summed E-state index contributed by atoms with van der Waals surface area (Å²) >= 11 is 0. The van der Waals surface area contributed by atoms with Gasteiger partial charge < -0.3 is 10.1 Å². The minimum atomic E-state index is -3.92. The van der Waals surface area contributed by atoms with Gasteiger partial charge in [-0.1, -0.05) is 37.6 Å². The molecule has 0 aliphatic rings. The Morgan fingerprint density at radius 3 is 2.66 bits per heavy atom. The molecule has 1 aromatic heterocycles. The molecule has 8 heteroatoms. The molecule has 150 valence electrons. The van der Waals surface area contributed by atoms with E-state index in [9.17, 15) is 18.0 Å². The Morgan fingerprint density at radius 1 is 1.14 bits per heavy atom. The van der Waals surface area contributed by atoms with Gasteiger partial charge >= 0.3 is 0 Å². The van der Waals surface area contributed by atoms with Gasteiger partial charge in [-0.15, -0.1) is 0 Å². The van der Waals surface area contributed by atoms with Gasteiger partial charge in [0.2, 0.25) is 0 Å². The molecule has 1 atom stereocenters. The Morgan fingerprint density at radius 2 is 1.90 bits per heavy atom. The molecule has 29 heavy (non-hydrogen) atoms. The number of para-hydroxylation sites is 1. The number of benzene rings is 2. The lowest BCUT2D eigenvalue weighted by Gasteiger charge is -2.13. The number of sulfonamides is 1. The van der Waals surface area contributed by atoms with Crippen LogP contribution in [0, 0.1) is 0 Å². The number of aromatic nitrogens is 1. The van der Waals surface area contributed by atoms with E-state index < -0.39 is 22.0 Å². The highest BCUT2D eigenvalue weighted by atomic mass is 32.2. The Bertz CT molecular complexity index is 1140. The fourth-order valence-electron chi connectivity index (χ4n) is 2.96. The highest BCUT2D eigenvalue weighted by molar-refractivity contribution is 7.93. The van der Waals surface area contributed by atoms with Gasteiger partial charge in [0.25, 0.3) is 15.9 Å². The van der Waals surface area contributed by atoms with Gasteiger partial charge in [-0.2, -0.15) is 0 Å². The van der Waals surface area contributed by atoms with Crippen molar-refractivity contribution in [3.8, 4) is 0 Å². The molecule has 1 amide bonds. The van der Waals surface area contributed by atoms with Gasteiger partial charge in [-0.05, 0) is 36.8 Å². The molecule has 1 unspecified atom stereocenters. The minimum Gasteiger partial charge on any atom is -0.343 e. The molecular weight excluding hydrogens is 390 g/mol. The van der Waals surface area contributed by atoms with Crippen LogP contribution in [0.5, 0.6) is 0 Å². The largest absolute Gasteiger partial charge is 0.343 e. The van der Waals surface area contributed by atoms with Crippen LogP contribution < -0.4 is 10.0 Å². The molecule has 7 nitrogen and oxygen atoms in total. The summed E-state index contributed by atoms with van der Waals surface area (Å²) in [5.74, 6) is -0.441. The first kappa shape index (κ1) is 20.5. The third kappa shape index (κ3) is 4.78. The summed E-state index contributed by atoms with van der Waals surface area (Å²) in [5.41, 5.74) is 0.859. The number of hydrogen-bond acceptors (Lipinski definition) is 5. The molecule has 0 radical (unpaired) electrons. The number of carbonyl (C=O) groups is 2. The van der Waals surface area contributed by atoms with Crippen LogP contribution in [-0.2, 0) is 14.8 Å². The van der Waals surface area contributed by atoms with Crippen molar-refractivity contribution in [3.05, 3.63) is 66.4 Å². The van der Waals surface area contributed by atoms with E-state index >= 15 is 0 Å². The molecule has 2 N–H and O–H groups in total. The average molecular weight is 411 g/mol. The highest BCUT2D eigenvalue weighted by Gasteiger charge is 2.19. The molecule has 3 rings (SSSR count). The van der Waals surface area contributed by atoms with Crippen LogP contribution in [0.1, 0.15) is 30.1 Å². The minimum absolute atomic E-state index is 0.0504. The number of amides is 1. The van der Waals surface area contributed by atoms with Crippen molar-refractivity contribution in [1.82, 2.24) is 10.3 Å². The van der Waals surface area contributed by atoms with E-state index in [-0.39, 0.29) is 16.1 Å². The number of anilines is 1. The maximum Gasteiger partial charge on any atom is 0.264 e.